The van der Waals surface area contributed by atoms with Crippen molar-refractivity contribution in [2.24, 2.45) is 0 Å². The van der Waals surface area contributed by atoms with Crippen LogP contribution in [-0.2, 0) is 5.75 Å². The Hall–Kier alpha value is -3.39. The summed E-state index contributed by atoms with van der Waals surface area (Å²) in [5.41, 5.74) is 2.80. The van der Waals surface area contributed by atoms with Gasteiger partial charge in [-0.3, -0.25) is 0 Å². The van der Waals surface area contributed by atoms with E-state index < -0.39 is 0 Å². The Labute approximate surface area is 157 Å². The number of thioether (sulfide) groups is 1. The summed E-state index contributed by atoms with van der Waals surface area (Å²) in [6.07, 6.45) is 1.87. The topological polar surface area (TPSA) is 93.6 Å². The van der Waals surface area contributed by atoms with Crippen molar-refractivity contribution in [3.63, 3.8) is 0 Å². The molecule has 0 fully saturated rings. The molecule has 5 aromatic rings. The lowest BCUT2D eigenvalue weighted by atomic mass is 10.2. The molecule has 8 heteroatoms. The maximum Gasteiger partial charge on any atom is 0.277 e. The van der Waals surface area contributed by atoms with Crippen molar-refractivity contribution in [2.75, 3.05) is 0 Å². The van der Waals surface area contributed by atoms with E-state index in [9.17, 15) is 0 Å². The van der Waals surface area contributed by atoms with E-state index in [0.717, 1.165) is 22.0 Å². The van der Waals surface area contributed by atoms with Crippen LogP contribution in [0.25, 0.3) is 33.8 Å². The van der Waals surface area contributed by atoms with Gasteiger partial charge in [-0.05, 0) is 18.2 Å². The highest BCUT2D eigenvalue weighted by molar-refractivity contribution is 7.98. The van der Waals surface area contributed by atoms with Crippen LogP contribution in [-0.4, -0.2) is 25.4 Å². The third-order valence-corrected chi connectivity index (χ3v) is 4.84. The van der Waals surface area contributed by atoms with Crippen molar-refractivity contribution >= 4 is 22.7 Å². The predicted molar refractivity (Wildman–Crippen MR) is 101 cm³/mol. The highest BCUT2D eigenvalue weighted by Gasteiger charge is 2.15. The lowest BCUT2D eigenvalue weighted by Crippen LogP contribution is -1.80. The van der Waals surface area contributed by atoms with Gasteiger partial charge < -0.3 is 13.8 Å². The van der Waals surface area contributed by atoms with Crippen LogP contribution in [0.1, 0.15) is 5.89 Å². The minimum absolute atomic E-state index is 0.453. The SMILES string of the molecule is c1ccc(-c2nnc(CSc3nnc(-c4c[nH]c5ccccc45)o3)o2)cc1. The number of aromatic nitrogens is 5. The van der Waals surface area contributed by atoms with Gasteiger partial charge in [0.05, 0.1) is 11.3 Å². The number of benzene rings is 2. The number of fused-ring (bicyclic) bond motifs is 1. The molecule has 3 aromatic heterocycles. The molecule has 5 rings (SSSR count). The van der Waals surface area contributed by atoms with Gasteiger partial charge in [0.2, 0.25) is 11.8 Å². The van der Waals surface area contributed by atoms with Gasteiger partial charge in [0.15, 0.2) is 0 Å². The van der Waals surface area contributed by atoms with Gasteiger partial charge in [-0.2, -0.15) is 0 Å². The molecule has 0 spiro atoms. The van der Waals surface area contributed by atoms with Gasteiger partial charge in [0.1, 0.15) is 0 Å². The van der Waals surface area contributed by atoms with Crippen molar-refractivity contribution in [1.82, 2.24) is 25.4 Å². The molecule has 27 heavy (non-hydrogen) atoms. The second-order valence-corrected chi connectivity index (χ2v) is 6.70. The first-order valence-electron chi connectivity index (χ1n) is 8.27. The number of para-hydroxylation sites is 1. The molecule has 2 aromatic carbocycles. The minimum atomic E-state index is 0.453. The summed E-state index contributed by atoms with van der Waals surface area (Å²) in [5.74, 6) is 1.93. The minimum Gasteiger partial charge on any atom is -0.420 e. The monoisotopic (exact) mass is 375 g/mol. The van der Waals surface area contributed by atoms with E-state index in [1.165, 1.54) is 11.8 Å². The smallest absolute Gasteiger partial charge is 0.277 e. The first kappa shape index (κ1) is 15.8. The quantitative estimate of drug-likeness (QED) is 0.450. The molecule has 0 saturated carbocycles. The average molecular weight is 375 g/mol. The Morgan fingerprint density at radius 3 is 2.56 bits per heavy atom. The first-order chi connectivity index (χ1) is 13.4. The maximum absolute atomic E-state index is 5.78. The second kappa shape index (κ2) is 6.73. The van der Waals surface area contributed by atoms with E-state index in [-0.39, 0.29) is 0 Å². The summed E-state index contributed by atoms with van der Waals surface area (Å²) in [6, 6.07) is 17.6. The van der Waals surface area contributed by atoms with Gasteiger partial charge in [-0.25, -0.2) is 0 Å². The summed E-state index contributed by atoms with van der Waals surface area (Å²) in [4.78, 5) is 3.20. The fourth-order valence-corrected chi connectivity index (χ4v) is 3.36. The Kier molecular flexibility index (Phi) is 3.95. The van der Waals surface area contributed by atoms with Gasteiger partial charge in [-0.1, -0.05) is 48.2 Å². The summed E-state index contributed by atoms with van der Waals surface area (Å²) in [6.45, 7) is 0. The maximum atomic E-state index is 5.78. The zero-order valence-electron chi connectivity index (χ0n) is 14.0. The fourth-order valence-electron chi connectivity index (χ4n) is 2.76. The Morgan fingerprint density at radius 2 is 1.63 bits per heavy atom. The zero-order chi connectivity index (χ0) is 18.1. The Morgan fingerprint density at radius 1 is 0.815 bits per heavy atom. The Balaban J connectivity index is 1.31. The molecule has 0 aliphatic heterocycles. The molecule has 3 heterocycles. The molecular weight excluding hydrogens is 362 g/mol. The molecule has 0 aliphatic carbocycles. The summed E-state index contributed by atoms with van der Waals surface area (Å²) < 4.78 is 11.5. The summed E-state index contributed by atoms with van der Waals surface area (Å²) in [7, 11) is 0. The molecule has 0 unspecified atom stereocenters. The normalized spacial score (nSPS) is 11.3. The van der Waals surface area contributed by atoms with Crippen molar-refractivity contribution in [3.05, 3.63) is 66.7 Å². The van der Waals surface area contributed by atoms with Crippen LogP contribution in [0.3, 0.4) is 0 Å². The van der Waals surface area contributed by atoms with Crippen LogP contribution in [0.2, 0.25) is 0 Å². The van der Waals surface area contributed by atoms with Crippen LogP contribution in [0.5, 0.6) is 0 Å². The highest BCUT2D eigenvalue weighted by Crippen LogP contribution is 2.30. The second-order valence-electron chi connectivity index (χ2n) is 5.78. The van der Waals surface area contributed by atoms with E-state index in [4.69, 9.17) is 8.83 Å². The van der Waals surface area contributed by atoms with Crippen molar-refractivity contribution in [2.45, 2.75) is 11.0 Å². The molecule has 0 amide bonds. The molecule has 0 aliphatic rings. The average Bonchev–Trinajstić information content (AvgIpc) is 3.46. The van der Waals surface area contributed by atoms with Crippen LogP contribution in [0.4, 0.5) is 0 Å². The molecule has 0 saturated heterocycles. The number of hydrogen-bond donors (Lipinski definition) is 1. The lowest BCUT2D eigenvalue weighted by molar-refractivity contribution is 0.464. The molecule has 7 nitrogen and oxygen atoms in total. The van der Waals surface area contributed by atoms with Crippen molar-refractivity contribution < 1.29 is 8.83 Å². The number of H-pyrrole nitrogens is 1. The third kappa shape index (κ3) is 3.11. The molecule has 132 valence electrons. The molecule has 1 N–H and O–H groups in total. The van der Waals surface area contributed by atoms with E-state index in [2.05, 4.69) is 25.4 Å². The van der Waals surface area contributed by atoms with Crippen molar-refractivity contribution in [3.8, 4) is 22.9 Å². The van der Waals surface area contributed by atoms with E-state index in [1.54, 1.807) is 0 Å². The summed E-state index contributed by atoms with van der Waals surface area (Å²) >= 11 is 1.36. The molecular formula is C19H13N5O2S. The summed E-state index contributed by atoms with van der Waals surface area (Å²) in [5, 5.41) is 17.9. The van der Waals surface area contributed by atoms with Crippen LogP contribution < -0.4 is 0 Å². The first-order valence-corrected chi connectivity index (χ1v) is 9.26. The lowest BCUT2D eigenvalue weighted by Gasteiger charge is -1.93. The molecule has 0 bridgehead atoms. The van der Waals surface area contributed by atoms with Crippen LogP contribution >= 0.6 is 11.8 Å². The number of nitrogens with one attached hydrogen (secondary N) is 1. The highest BCUT2D eigenvalue weighted by atomic mass is 32.2. The van der Waals surface area contributed by atoms with Crippen LogP contribution in [0.15, 0.2) is 74.9 Å². The third-order valence-electron chi connectivity index (χ3n) is 4.03. The number of hydrogen-bond acceptors (Lipinski definition) is 7. The number of aromatic amines is 1. The number of rotatable bonds is 5. The molecule has 0 radical (unpaired) electrons. The standard InChI is InChI=1S/C19H13N5O2S/c1-2-6-12(7-3-1)17-22-21-16(25-17)11-27-19-24-23-18(26-19)14-10-20-15-9-5-4-8-13(14)15/h1-10,20H,11H2. The van der Waals surface area contributed by atoms with Gasteiger partial charge in [0, 0.05) is 22.7 Å². The van der Waals surface area contributed by atoms with Crippen molar-refractivity contribution in [1.29, 1.82) is 0 Å². The van der Waals surface area contributed by atoms with Gasteiger partial charge in [0.25, 0.3) is 11.1 Å². The molecule has 0 atom stereocenters. The van der Waals surface area contributed by atoms with Gasteiger partial charge in [-0.15, -0.1) is 20.4 Å². The predicted octanol–water partition coefficient (Wildman–Crippen LogP) is 4.56. The van der Waals surface area contributed by atoms with E-state index in [0.29, 0.717) is 28.6 Å². The van der Waals surface area contributed by atoms with Gasteiger partial charge >= 0.3 is 0 Å². The number of nitrogens with zero attached hydrogens (tertiary/aromatic N) is 4. The fraction of sp³-hybridized carbons (Fsp3) is 0.0526. The van der Waals surface area contributed by atoms with Crippen LogP contribution in [0, 0.1) is 0 Å². The zero-order valence-corrected chi connectivity index (χ0v) is 14.8. The van der Waals surface area contributed by atoms with E-state index >= 15 is 0 Å². The van der Waals surface area contributed by atoms with E-state index in [1.807, 2.05) is 60.8 Å². The largest absolute Gasteiger partial charge is 0.420 e. The Bertz CT molecular complexity index is 1200.